The third-order valence-electron chi connectivity index (χ3n) is 2.48. The normalized spacial score (nSPS) is 13.0. The maximum Gasteiger partial charge on any atom is 0.416 e. The van der Waals surface area contributed by atoms with E-state index in [1.165, 1.54) is 4.90 Å². The highest BCUT2D eigenvalue weighted by atomic mass is 35.5. The highest BCUT2D eigenvalue weighted by Gasteiger charge is 2.31. The zero-order chi connectivity index (χ0) is 14.8. The topological polar surface area (TPSA) is 32.3 Å². The molecule has 0 aliphatic rings. The maximum absolute atomic E-state index is 12.6. The molecule has 19 heavy (non-hydrogen) atoms. The van der Waals surface area contributed by atoms with Crippen molar-refractivity contribution < 1.29 is 18.0 Å². The fourth-order valence-corrected chi connectivity index (χ4v) is 1.67. The summed E-state index contributed by atoms with van der Waals surface area (Å²) in [5.41, 5.74) is -0.733. The van der Waals surface area contributed by atoms with E-state index < -0.39 is 17.8 Å². The van der Waals surface area contributed by atoms with Crippen LogP contribution in [0.15, 0.2) is 18.2 Å². The summed E-state index contributed by atoms with van der Waals surface area (Å²) < 4.78 is 37.7. The number of likely N-dealkylation sites (N-methyl/N-ethyl adjacent to an activating group) is 1. The van der Waals surface area contributed by atoms with E-state index in [0.29, 0.717) is 0 Å². The third kappa shape index (κ3) is 4.02. The zero-order valence-corrected chi connectivity index (χ0v) is 11.4. The van der Waals surface area contributed by atoms with Gasteiger partial charge in [0.25, 0.3) is 0 Å². The highest BCUT2D eigenvalue weighted by molar-refractivity contribution is 6.33. The molecule has 3 nitrogen and oxygen atoms in total. The largest absolute Gasteiger partial charge is 0.416 e. The Balaban J connectivity index is 2.98. The molecule has 0 saturated carbocycles. The predicted molar refractivity (Wildman–Crippen MR) is 68.2 cm³/mol. The van der Waals surface area contributed by atoms with Gasteiger partial charge in [0.05, 0.1) is 16.3 Å². The van der Waals surface area contributed by atoms with Gasteiger partial charge in [-0.25, -0.2) is 0 Å². The summed E-state index contributed by atoms with van der Waals surface area (Å²) in [5.74, 6) is -0.256. The maximum atomic E-state index is 12.6. The average Bonchev–Trinajstić information content (AvgIpc) is 2.29. The minimum Gasteiger partial charge on any atom is -0.373 e. The average molecular weight is 295 g/mol. The van der Waals surface area contributed by atoms with E-state index >= 15 is 0 Å². The minimum atomic E-state index is -4.45. The molecule has 106 valence electrons. The number of carbonyl (C=O) groups is 1. The molecule has 0 bridgehead atoms. The Labute approximate surface area is 114 Å². The number of halogens is 4. The molecule has 1 aromatic rings. The number of hydrogen-bond donors (Lipinski definition) is 1. The number of rotatable bonds is 3. The lowest BCUT2D eigenvalue weighted by Gasteiger charge is -2.20. The van der Waals surface area contributed by atoms with E-state index in [9.17, 15) is 18.0 Å². The lowest BCUT2D eigenvalue weighted by Crippen LogP contribution is -2.36. The molecule has 0 radical (unpaired) electrons. The van der Waals surface area contributed by atoms with Crippen LogP contribution in [-0.4, -0.2) is 30.9 Å². The number of anilines is 1. The van der Waals surface area contributed by atoms with Crippen LogP contribution in [0, 0.1) is 0 Å². The molecule has 0 aromatic heterocycles. The summed E-state index contributed by atoms with van der Waals surface area (Å²) >= 11 is 5.82. The van der Waals surface area contributed by atoms with E-state index in [0.717, 1.165) is 18.2 Å². The van der Waals surface area contributed by atoms with Gasteiger partial charge in [-0.1, -0.05) is 11.6 Å². The van der Waals surface area contributed by atoms with Gasteiger partial charge in [-0.15, -0.1) is 0 Å². The molecule has 1 amide bonds. The lowest BCUT2D eigenvalue weighted by atomic mass is 10.1. The van der Waals surface area contributed by atoms with Crippen LogP contribution in [0.4, 0.5) is 18.9 Å². The first-order valence-electron chi connectivity index (χ1n) is 5.47. The standard InChI is InChI=1S/C12H14ClF3N2O/c1-7(11(19)18(2)3)17-10-6-8(12(14,15)16)4-5-9(10)13/h4-7,17H,1-3H3. The van der Waals surface area contributed by atoms with Crippen LogP contribution in [0.2, 0.25) is 5.02 Å². The minimum absolute atomic E-state index is 0.0826. The molecular weight excluding hydrogens is 281 g/mol. The Hall–Kier alpha value is -1.43. The molecule has 1 atom stereocenters. The monoisotopic (exact) mass is 294 g/mol. The van der Waals surface area contributed by atoms with Crippen LogP contribution in [0.1, 0.15) is 12.5 Å². The van der Waals surface area contributed by atoms with Gasteiger partial charge in [0.1, 0.15) is 6.04 Å². The second-order valence-corrected chi connectivity index (χ2v) is 4.70. The van der Waals surface area contributed by atoms with Crippen LogP contribution in [-0.2, 0) is 11.0 Å². The number of amides is 1. The van der Waals surface area contributed by atoms with E-state index in [4.69, 9.17) is 11.6 Å². The Morgan fingerprint density at radius 2 is 1.95 bits per heavy atom. The Kier molecular flexibility index (Phi) is 4.68. The van der Waals surface area contributed by atoms with Crippen molar-refractivity contribution >= 4 is 23.2 Å². The predicted octanol–water partition coefficient (Wildman–Crippen LogP) is 3.25. The molecule has 0 saturated heterocycles. The van der Waals surface area contributed by atoms with Gasteiger partial charge in [-0.3, -0.25) is 4.79 Å². The van der Waals surface area contributed by atoms with Crippen molar-refractivity contribution in [2.45, 2.75) is 19.1 Å². The second kappa shape index (κ2) is 5.69. The first kappa shape index (κ1) is 15.6. The van der Waals surface area contributed by atoms with E-state index in [2.05, 4.69) is 5.32 Å². The van der Waals surface area contributed by atoms with Gasteiger partial charge in [0, 0.05) is 14.1 Å². The van der Waals surface area contributed by atoms with Gasteiger partial charge < -0.3 is 10.2 Å². The molecule has 7 heteroatoms. The Morgan fingerprint density at radius 1 is 1.37 bits per heavy atom. The summed E-state index contributed by atoms with van der Waals surface area (Å²) in [5, 5.41) is 2.81. The number of nitrogens with zero attached hydrogens (tertiary/aromatic N) is 1. The summed E-state index contributed by atoms with van der Waals surface area (Å²) in [6.07, 6.45) is -4.45. The van der Waals surface area contributed by atoms with Crippen LogP contribution in [0.5, 0.6) is 0 Å². The summed E-state index contributed by atoms with van der Waals surface area (Å²) in [4.78, 5) is 13.0. The van der Waals surface area contributed by atoms with E-state index in [1.54, 1.807) is 21.0 Å². The molecule has 0 aliphatic carbocycles. The van der Waals surface area contributed by atoms with Crippen LogP contribution in [0.3, 0.4) is 0 Å². The molecule has 0 aliphatic heterocycles. The quantitative estimate of drug-likeness (QED) is 0.928. The van der Waals surface area contributed by atoms with Crippen LogP contribution in [0.25, 0.3) is 0 Å². The molecule has 0 spiro atoms. The molecule has 0 fully saturated rings. The second-order valence-electron chi connectivity index (χ2n) is 4.29. The van der Waals surface area contributed by atoms with E-state index in [1.807, 2.05) is 0 Å². The first-order valence-corrected chi connectivity index (χ1v) is 5.85. The van der Waals surface area contributed by atoms with Gasteiger partial charge in [0.2, 0.25) is 5.91 Å². The number of benzene rings is 1. The number of alkyl halides is 3. The zero-order valence-electron chi connectivity index (χ0n) is 10.7. The molecule has 1 N–H and O–H groups in total. The first-order chi connectivity index (χ1) is 8.62. The van der Waals surface area contributed by atoms with Gasteiger partial charge in [-0.05, 0) is 25.1 Å². The molecule has 1 aromatic carbocycles. The fourth-order valence-electron chi connectivity index (χ4n) is 1.49. The molecule has 0 heterocycles. The summed E-state index contributed by atoms with van der Waals surface area (Å²) in [6, 6.07) is 2.27. The van der Waals surface area contributed by atoms with Crippen molar-refractivity contribution in [2.24, 2.45) is 0 Å². The smallest absolute Gasteiger partial charge is 0.373 e. The van der Waals surface area contributed by atoms with Crippen LogP contribution >= 0.6 is 11.6 Å². The van der Waals surface area contributed by atoms with Gasteiger partial charge in [0.15, 0.2) is 0 Å². The number of nitrogens with one attached hydrogen (secondary N) is 1. The summed E-state index contributed by atoms with van der Waals surface area (Å²) in [6.45, 7) is 1.55. The van der Waals surface area contributed by atoms with Crippen LogP contribution < -0.4 is 5.32 Å². The Morgan fingerprint density at radius 3 is 2.42 bits per heavy atom. The lowest BCUT2D eigenvalue weighted by molar-refractivity contribution is -0.137. The SMILES string of the molecule is CC(Nc1cc(C(F)(F)F)ccc1Cl)C(=O)N(C)C. The molecule has 1 unspecified atom stereocenters. The van der Waals surface area contributed by atoms with Crippen molar-refractivity contribution in [2.75, 3.05) is 19.4 Å². The number of carbonyl (C=O) groups excluding carboxylic acids is 1. The molecule has 1 rings (SSSR count). The van der Waals surface area contributed by atoms with E-state index in [-0.39, 0.29) is 16.6 Å². The van der Waals surface area contributed by atoms with Gasteiger partial charge >= 0.3 is 6.18 Å². The number of hydrogen-bond acceptors (Lipinski definition) is 2. The fraction of sp³-hybridized carbons (Fsp3) is 0.417. The van der Waals surface area contributed by atoms with Crippen molar-refractivity contribution in [1.29, 1.82) is 0 Å². The van der Waals surface area contributed by atoms with Crippen molar-refractivity contribution in [3.8, 4) is 0 Å². The third-order valence-corrected chi connectivity index (χ3v) is 2.81. The van der Waals surface area contributed by atoms with Crippen molar-refractivity contribution in [1.82, 2.24) is 4.90 Å². The Bertz CT molecular complexity index is 475. The molecular formula is C12H14ClF3N2O. The summed E-state index contributed by atoms with van der Waals surface area (Å²) in [7, 11) is 3.13. The van der Waals surface area contributed by atoms with Gasteiger partial charge in [-0.2, -0.15) is 13.2 Å². The van der Waals surface area contributed by atoms with Crippen molar-refractivity contribution in [3.05, 3.63) is 28.8 Å². The highest BCUT2D eigenvalue weighted by Crippen LogP contribution is 2.34. The van der Waals surface area contributed by atoms with Crippen molar-refractivity contribution in [3.63, 3.8) is 0 Å².